The number of carbonyl (C=O) groups excluding carboxylic acids is 1. The van der Waals surface area contributed by atoms with Crippen molar-refractivity contribution in [3.8, 4) is 0 Å². The highest BCUT2D eigenvalue weighted by Crippen LogP contribution is 2.24. The predicted molar refractivity (Wildman–Crippen MR) is 48.2 cm³/mol. The predicted octanol–water partition coefficient (Wildman–Crippen LogP) is -0.371. The van der Waals surface area contributed by atoms with E-state index >= 15 is 0 Å². The van der Waals surface area contributed by atoms with Crippen LogP contribution in [0.25, 0.3) is 0 Å². The van der Waals surface area contributed by atoms with Gasteiger partial charge in [0.15, 0.2) is 6.29 Å². The molecule has 1 fully saturated rings. The van der Waals surface area contributed by atoms with E-state index in [1.54, 1.807) is 14.2 Å². The Kier molecular flexibility index (Phi) is 4.47. The van der Waals surface area contributed by atoms with Gasteiger partial charge in [-0.25, -0.2) is 0 Å². The van der Waals surface area contributed by atoms with E-state index in [0.717, 1.165) is 6.29 Å². The Hall–Kier alpha value is -0.490. The molecule has 4 atom stereocenters. The average molecular weight is 204 g/mol. The number of methoxy groups -OCH3 is 3. The van der Waals surface area contributed by atoms with Gasteiger partial charge in [0.1, 0.15) is 24.4 Å². The van der Waals surface area contributed by atoms with Gasteiger partial charge in [-0.05, 0) is 0 Å². The molecule has 0 amide bonds. The molecule has 5 heteroatoms. The second-order valence-corrected chi connectivity index (χ2v) is 3.13. The molecule has 1 aliphatic rings. The Balaban J connectivity index is 2.67. The SMILES string of the molecule is COC[C@H]1O[C@H](C=O)[C@@H](OC)[C@@H]1OC. The third-order valence-corrected chi connectivity index (χ3v) is 2.36. The zero-order valence-corrected chi connectivity index (χ0v) is 8.64. The molecule has 0 aromatic carbocycles. The number of hydrogen-bond acceptors (Lipinski definition) is 5. The van der Waals surface area contributed by atoms with Crippen molar-refractivity contribution in [3.63, 3.8) is 0 Å². The molecule has 1 aliphatic heterocycles. The maximum atomic E-state index is 10.7. The van der Waals surface area contributed by atoms with Crippen molar-refractivity contribution in [2.24, 2.45) is 0 Å². The second kappa shape index (κ2) is 5.41. The number of ether oxygens (including phenoxy) is 4. The Morgan fingerprint density at radius 3 is 2.29 bits per heavy atom. The molecule has 0 radical (unpaired) electrons. The van der Waals surface area contributed by atoms with Gasteiger partial charge < -0.3 is 23.7 Å². The highest BCUT2D eigenvalue weighted by Gasteiger charge is 2.45. The van der Waals surface area contributed by atoms with Crippen LogP contribution in [-0.4, -0.2) is 58.6 Å². The summed E-state index contributed by atoms with van der Waals surface area (Å²) in [7, 11) is 4.67. The summed E-state index contributed by atoms with van der Waals surface area (Å²) in [6.07, 6.45) is -0.682. The largest absolute Gasteiger partial charge is 0.382 e. The fourth-order valence-corrected chi connectivity index (χ4v) is 1.72. The number of hydrogen-bond donors (Lipinski definition) is 0. The minimum absolute atomic E-state index is 0.245. The molecule has 82 valence electrons. The Morgan fingerprint density at radius 2 is 1.86 bits per heavy atom. The van der Waals surface area contributed by atoms with E-state index in [4.69, 9.17) is 18.9 Å². The molecule has 0 aromatic heterocycles. The lowest BCUT2D eigenvalue weighted by molar-refractivity contribution is -0.122. The first-order chi connectivity index (χ1) is 6.78. The zero-order chi connectivity index (χ0) is 10.6. The summed E-state index contributed by atoms with van der Waals surface area (Å²) in [4.78, 5) is 10.7. The van der Waals surface area contributed by atoms with Crippen molar-refractivity contribution < 1.29 is 23.7 Å². The summed E-state index contributed by atoms with van der Waals surface area (Å²) in [5.74, 6) is 0. The van der Waals surface area contributed by atoms with Crippen LogP contribution in [0.15, 0.2) is 0 Å². The average Bonchev–Trinajstić information content (AvgIpc) is 2.55. The van der Waals surface area contributed by atoms with Crippen LogP contribution in [0.2, 0.25) is 0 Å². The highest BCUT2D eigenvalue weighted by molar-refractivity contribution is 5.58. The van der Waals surface area contributed by atoms with Crippen molar-refractivity contribution in [2.75, 3.05) is 27.9 Å². The van der Waals surface area contributed by atoms with E-state index in [0.29, 0.717) is 6.61 Å². The van der Waals surface area contributed by atoms with E-state index in [2.05, 4.69) is 0 Å². The lowest BCUT2D eigenvalue weighted by Gasteiger charge is -2.19. The van der Waals surface area contributed by atoms with Crippen molar-refractivity contribution in [2.45, 2.75) is 24.4 Å². The summed E-state index contributed by atoms with van der Waals surface area (Å²) in [6, 6.07) is 0. The molecule has 14 heavy (non-hydrogen) atoms. The normalized spacial score (nSPS) is 37.4. The van der Waals surface area contributed by atoms with Crippen molar-refractivity contribution in [1.82, 2.24) is 0 Å². The molecule has 0 unspecified atom stereocenters. The third-order valence-electron chi connectivity index (χ3n) is 2.36. The lowest BCUT2D eigenvalue weighted by Crippen LogP contribution is -2.37. The van der Waals surface area contributed by atoms with Crippen LogP contribution in [0.5, 0.6) is 0 Å². The minimum Gasteiger partial charge on any atom is -0.382 e. The first-order valence-electron chi connectivity index (χ1n) is 4.43. The molecule has 1 rings (SSSR count). The lowest BCUT2D eigenvalue weighted by atomic mass is 10.1. The van der Waals surface area contributed by atoms with Crippen LogP contribution in [0, 0.1) is 0 Å². The van der Waals surface area contributed by atoms with Crippen LogP contribution in [-0.2, 0) is 23.7 Å². The molecular formula is C9H16O5. The summed E-state index contributed by atoms with van der Waals surface area (Å²) >= 11 is 0. The van der Waals surface area contributed by atoms with Crippen LogP contribution in [0.3, 0.4) is 0 Å². The van der Waals surface area contributed by atoms with E-state index < -0.39 is 6.10 Å². The van der Waals surface area contributed by atoms with Crippen LogP contribution >= 0.6 is 0 Å². The third kappa shape index (κ3) is 2.12. The van der Waals surface area contributed by atoms with Gasteiger partial charge >= 0.3 is 0 Å². The Bertz CT molecular complexity index is 184. The maximum Gasteiger partial charge on any atom is 0.151 e. The molecule has 0 saturated carbocycles. The fourth-order valence-electron chi connectivity index (χ4n) is 1.72. The number of rotatable bonds is 5. The summed E-state index contributed by atoms with van der Waals surface area (Å²) in [5, 5.41) is 0. The van der Waals surface area contributed by atoms with Crippen molar-refractivity contribution >= 4 is 6.29 Å². The summed E-state index contributed by atoms with van der Waals surface area (Å²) in [6.45, 7) is 0.392. The van der Waals surface area contributed by atoms with E-state index in [-0.39, 0.29) is 18.3 Å². The smallest absolute Gasteiger partial charge is 0.151 e. The molecule has 0 bridgehead atoms. The topological polar surface area (TPSA) is 54.0 Å². The highest BCUT2D eigenvalue weighted by atomic mass is 16.6. The number of carbonyl (C=O) groups is 1. The first kappa shape index (κ1) is 11.6. The quantitative estimate of drug-likeness (QED) is 0.572. The van der Waals surface area contributed by atoms with Gasteiger partial charge in [-0.15, -0.1) is 0 Å². The molecule has 0 N–H and O–H groups in total. The molecule has 0 aliphatic carbocycles. The van der Waals surface area contributed by atoms with Gasteiger partial charge in [-0.3, -0.25) is 0 Å². The Labute approximate surface area is 83.3 Å². The zero-order valence-electron chi connectivity index (χ0n) is 8.64. The molecule has 1 saturated heterocycles. The summed E-state index contributed by atoms with van der Waals surface area (Å²) < 4.78 is 20.8. The number of aldehydes is 1. The molecule has 0 spiro atoms. The van der Waals surface area contributed by atoms with Crippen molar-refractivity contribution in [3.05, 3.63) is 0 Å². The van der Waals surface area contributed by atoms with Gasteiger partial charge in [0, 0.05) is 21.3 Å². The van der Waals surface area contributed by atoms with Gasteiger partial charge in [0.2, 0.25) is 0 Å². The van der Waals surface area contributed by atoms with E-state index in [1.807, 2.05) is 0 Å². The maximum absolute atomic E-state index is 10.7. The van der Waals surface area contributed by atoms with Gasteiger partial charge in [-0.1, -0.05) is 0 Å². The fraction of sp³-hybridized carbons (Fsp3) is 0.889. The minimum atomic E-state index is -0.565. The van der Waals surface area contributed by atoms with Crippen LogP contribution in [0.1, 0.15) is 0 Å². The van der Waals surface area contributed by atoms with E-state index in [1.165, 1.54) is 7.11 Å². The standard InChI is InChI=1S/C9H16O5/c1-11-5-7-9(13-3)8(12-2)6(4-10)14-7/h4,6-9H,5H2,1-3H3/t6-,7-,8-,9-/m1/s1. The van der Waals surface area contributed by atoms with Gasteiger partial charge in [0.25, 0.3) is 0 Å². The monoisotopic (exact) mass is 204 g/mol. The van der Waals surface area contributed by atoms with Crippen LogP contribution in [0.4, 0.5) is 0 Å². The first-order valence-corrected chi connectivity index (χ1v) is 4.43. The van der Waals surface area contributed by atoms with E-state index in [9.17, 15) is 4.79 Å². The summed E-state index contributed by atoms with van der Waals surface area (Å²) in [5.41, 5.74) is 0. The molecule has 5 nitrogen and oxygen atoms in total. The molecular weight excluding hydrogens is 188 g/mol. The Morgan fingerprint density at radius 1 is 1.21 bits per heavy atom. The molecule has 1 heterocycles. The van der Waals surface area contributed by atoms with Crippen LogP contribution < -0.4 is 0 Å². The molecule has 0 aromatic rings. The van der Waals surface area contributed by atoms with Gasteiger partial charge in [-0.2, -0.15) is 0 Å². The van der Waals surface area contributed by atoms with Crippen molar-refractivity contribution in [1.29, 1.82) is 0 Å². The second-order valence-electron chi connectivity index (χ2n) is 3.13. The van der Waals surface area contributed by atoms with Gasteiger partial charge in [0.05, 0.1) is 6.61 Å².